The summed E-state index contributed by atoms with van der Waals surface area (Å²) in [7, 11) is 0. The average molecular weight is 224 g/mol. The van der Waals surface area contributed by atoms with Crippen LogP contribution in [0.1, 0.15) is 38.8 Å². The van der Waals surface area contributed by atoms with Crippen LogP contribution in [0.2, 0.25) is 0 Å². The number of benzene rings is 1. The lowest BCUT2D eigenvalue weighted by Crippen LogP contribution is -2.16. The molecule has 2 heteroatoms. The van der Waals surface area contributed by atoms with Crippen LogP contribution >= 0.6 is 0 Å². The van der Waals surface area contributed by atoms with Crippen molar-refractivity contribution in [2.45, 2.75) is 41.5 Å². The van der Waals surface area contributed by atoms with E-state index in [1.165, 1.54) is 11.1 Å². The molecule has 1 aliphatic heterocycles. The molecule has 0 atom stereocenters. The molecule has 0 aliphatic carbocycles. The van der Waals surface area contributed by atoms with Crippen LogP contribution in [0.3, 0.4) is 0 Å². The first-order valence-electron chi connectivity index (χ1n) is 6.15. The van der Waals surface area contributed by atoms with Crippen LogP contribution in [0, 0.1) is 13.8 Å². The van der Waals surface area contributed by atoms with Crippen molar-refractivity contribution in [1.29, 1.82) is 0 Å². The average Bonchev–Trinajstić information content (AvgIpc) is 2.39. The van der Waals surface area contributed by atoms with Crippen molar-refractivity contribution in [2.75, 3.05) is 13.2 Å². The number of ether oxygens (including phenoxy) is 2. The molecule has 2 nitrogen and oxygen atoms in total. The third-order valence-corrected chi connectivity index (χ3v) is 2.23. The summed E-state index contributed by atoms with van der Waals surface area (Å²) in [5.74, 6) is 1.80. The summed E-state index contributed by atoms with van der Waals surface area (Å²) in [5.41, 5.74) is 2.44. The van der Waals surface area contributed by atoms with E-state index in [9.17, 15) is 0 Å². The number of hydrogen-bond donors (Lipinski definition) is 0. The molecule has 0 fully saturated rings. The zero-order chi connectivity index (χ0) is 12.6. The van der Waals surface area contributed by atoms with Gasteiger partial charge in [-0.3, -0.25) is 0 Å². The molecule has 0 saturated carbocycles. The summed E-state index contributed by atoms with van der Waals surface area (Å²) >= 11 is 0. The van der Waals surface area contributed by atoms with Crippen LogP contribution in [0.4, 0.5) is 0 Å². The minimum Gasteiger partial charge on any atom is -0.486 e. The standard InChI is InChI=1S/C10H12O2.2C2H6/c1-7-3-4-9-10(8(7)2)12-6-5-11-9;2*1-2/h3-4H,5-6H2,1-2H3;2*1-2H3. The lowest BCUT2D eigenvalue weighted by atomic mass is 10.1. The highest BCUT2D eigenvalue weighted by molar-refractivity contribution is 5.50. The molecule has 2 rings (SSSR count). The van der Waals surface area contributed by atoms with Gasteiger partial charge < -0.3 is 9.47 Å². The Morgan fingerprint density at radius 1 is 0.875 bits per heavy atom. The van der Waals surface area contributed by atoms with Gasteiger partial charge in [0.05, 0.1) is 0 Å². The topological polar surface area (TPSA) is 18.5 Å². The largest absolute Gasteiger partial charge is 0.486 e. The fourth-order valence-electron chi connectivity index (χ4n) is 1.35. The Morgan fingerprint density at radius 2 is 1.44 bits per heavy atom. The van der Waals surface area contributed by atoms with Crippen LogP contribution in [0.25, 0.3) is 0 Å². The zero-order valence-corrected chi connectivity index (χ0v) is 11.4. The van der Waals surface area contributed by atoms with E-state index in [1.54, 1.807) is 0 Å². The van der Waals surface area contributed by atoms with Gasteiger partial charge in [-0.25, -0.2) is 0 Å². The second-order valence-corrected chi connectivity index (χ2v) is 3.03. The van der Waals surface area contributed by atoms with E-state index in [0.29, 0.717) is 13.2 Å². The molecule has 0 spiro atoms. The van der Waals surface area contributed by atoms with Crippen LogP contribution in [-0.4, -0.2) is 13.2 Å². The van der Waals surface area contributed by atoms with Crippen LogP contribution in [0.5, 0.6) is 11.5 Å². The third kappa shape index (κ3) is 3.44. The van der Waals surface area contributed by atoms with Crippen molar-refractivity contribution in [2.24, 2.45) is 0 Å². The van der Waals surface area contributed by atoms with Crippen molar-refractivity contribution >= 4 is 0 Å². The van der Waals surface area contributed by atoms with Gasteiger partial charge in [0.15, 0.2) is 11.5 Å². The third-order valence-electron chi connectivity index (χ3n) is 2.23. The Bertz CT molecular complexity index is 306. The lowest BCUT2D eigenvalue weighted by molar-refractivity contribution is 0.170. The van der Waals surface area contributed by atoms with Crippen molar-refractivity contribution < 1.29 is 9.47 Å². The lowest BCUT2D eigenvalue weighted by Gasteiger charge is -2.20. The van der Waals surface area contributed by atoms with E-state index in [4.69, 9.17) is 9.47 Å². The molecule has 92 valence electrons. The summed E-state index contributed by atoms with van der Waals surface area (Å²) in [4.78, 5) is 0. The highest BCUT2D eigenvalue weighted by atomic mass is 16.6. The monoisotopic (exact) mass is 224 g/mol. The van der Waals surface area contributed by atoms with E-state index in [1.807, 2.05) is 33.8 Å². The second kappa shape index (κ2) is 8.03. The zero-order valence-electron chi connectivity index (χ0n) is 11.4. The fraction of sp³-hybridized carbons (Fsp3) is 0.571. The Hall–Kier alpha value is -1.18. The molecule has 0 amide bonds. The Labute approximate surface area is 99.6 Å². The highest BCUT2D eigenvalue weighted by Crippen LogP contribution is 2.34. The Kier molecular flexibility index (Phi) is 7.44. The normalized spacial score (nSPS) is 11.6. The summed E-state index contributed by atoms with van der Waals surface area (Å²) < 4.78 is 10.9. The molecule has 0 N–H and O–H groups in total. The smallest absolute Gasteiger partial charge is 0.164 e. The molecule has 1 heterocycles. The van der Waals surface area contributed by atoms with Gasteiger partial charge in [-0.15, -0.1) is 0 Å². The van der Waals surface area contributed by atoms with Gasteiger partial charge in [0, 0.05) is 0 Å². The predicted octanol–water partition coefficient (Wildman–Crippen LogP) is 4.13. The quantitative estimate of drug-likeness (QED) is 0.659. The summed E-state index contributed by atoms with van der Waals surface area (Å²) in [6.45, 7) is 13.5. The van der Waals surface area contributed by atoms with Crippen LogP contribution in [0.15, 0.2) is 12.1 Å². The first kappa shape index (κ1) is 14.8. The molecule has 0 bridgehead atoms. The molecule has 16 heavy (non-hydrogen) atoms. The predicted molar refractivity (Wildman–Crippen MR) is 69.6 cm³/mol. The minimum atomic E-state index is 0.662. The first-order chi connectivity index (χ1) is 7.79. The molecule has 0 aromatic heterocycles. The minimum absolute atomic E-state index is 0.662. The Morgan fingerprint density at radius 3 is 2.06 bits per heavy atom. The van der Waals surface area contributed by atoms with E-state index in [-0.39, 0.29) is 0 Å². The van der Waals surface area contributed by atoms with Gasteiger partial charge in [0.25, 0.3) is 0 Å². The number of hydrogen-bond acceptors (Lipinski definition) is 2. The summed E-state index contributed by atoms with van der Waals surface area (Å²) in [6.07, 6.45) is 0. The van der Waals surface area contributed by atoms with Crippen molar-refractivity contribution in [3.8, 4) is 11.5 Å². The SMILES string of the molecule is CC.CC.Cc1ccc2c(c1C)OCCO2. The van der Waals surface area contributed by atoms with E-state index >= 15 is 0 Å². The van der Waals surface area contributed by atoms with Crippen molar-refractivity contribution in [3.05, 3.63) is 23.3 Å². The molecule has 0 unspecified atom stereocenters. The molecule has 1 aromatic rings. The fourth-order valence-corrected chi connectivity index (χ4v) is 1.35. The van der Waals surface area contributed by atoms with Gasteiger partial charge in [-0.2, -0.15) is 0 Å². The molecule has 0 radical (unpaired) electrons. The van der Waals surface area contributed by atoms with Gasteiger partial charge in [0.2, 0.25) is 0 Å². The first-order valence-corrected chi connectivity index (χ1v) is 6.15. The second-order valence-electron chi connectivity index (χ2n) is 3.03. The van der Waals surface area contributed by atoms with Gasteiger partial charge in [-0.05, 0) is 31.0 Å². The molecular formula is C14H24O2. The maximum absolute atomic E-state index is 5.51. The Balaban J connectivity index is 0.000000509. The van der Waals surface area contributed by atoms with Gasteiger partial charge in [0.1, 0.15) is 13.2 Å². The highest BCUT2D eigenvalue weighted by Gasteiger charge is 2.14. The van der Waals surface area contributed by atoms with E-state index in [2.05, 4.69) is 19.9 Å². The summed E-state index contributed by atoms with van der Waals surface area (Å²) in [6, 6.07) is 4.03. The van der Waals surface area contributed by atoms with Crippen molar-refractivity contribution in [1.82, 2.24) is 0 Å². The summed E-state index contributed by atoms with van der Waals surface area (Å²) in [5, 5.41) is 0. The molecular weight excluding hydrogens is 200 g/mol. The maximum Gasteiger partial charge on any atom is 0.164 e. The van der Waals surface area contributed by atoms with E-state index in [0.717, 1.165) is 11.5 Å². The van der Waals surface area contributed by atoms with Crippen molar-refractivity contribution in [3.63, 3.8) is 0 Å². The number of fused-ring (bicyclic) bond motifs is 1. The molecule has 0 saturated heterocycles. The maximum atomic E-state index is 5.51. The van der Waals surface area contributed by atoms with Crippen LogP contribution < -0.4 is 9.47 Å². The number of aryl methyl sites for hydroxylation is 1. The van der Waals surface area contributed by atoms with Crippen LogP contribution in [-0.2, 0) is 0 Å². The van der Waals surface area contributed by atoms with E-state index < -0.39 is 0 Å². The number of rotatable bonds is 0. The molecule has 1 aromatic carbocycles. The van der Waals surface area contributed by atoms with Gasteiger partial charge in [-0.1, -0.05) is 33.8 Å². The van der Waals surface area contributed by atoms with Gasteiger partial charge >= 0.3 is 0 Å². The molecule has 1 aliphatic rings.